The lowest BCUT2D eigenvalue weighted by atomic mass is 9.73. The number of nitrogens with one attached hydrogen (secondary N) is 2. The van der Waals surface area contributed by atoms with E-state index in [1.54, 1.807) is 11.3 Å². The Hall–Kier alpha value is -0.650. The third-order valence-electron chi connectivity index (χ3n) is 5.47. The summed E-state index contributed by atoms with van der Waals surface area (Å²) in [6.07, 6.45) is 6.99. The lowest BCUT2D eigenvalue weighted by Crippen LogP contribution is -2.59. The second-order valence-corrected chi connectivity index (χ2v) is 8.51. The van der Waals surface area contributed by atoms with Crippen molar-refractivity contribution in [2.75, 3.05) is 13.1 Å². The highest BCUT2D eigenvalue weighted by Gasteiger charge is 2.43. The Bertz CT molecular complexity index is 498. The van der Waals surface area contributed by atoms with E-state index in [9.17, 15) is 0 Å². The van der Waals surface area contributed by atoms with Crippen LogP contribution in [-0.2, 0) is 6.54 Å². The van der Waals surface area contributed by atoms with Crippen molar-refractivity contribution in [2.24, 2.45) is 11.8 Å². The van der Waals surface area contributed by atoms with Gasteiger partial charge in [-0.3, -0.25) is 4.90 Å². The van der Waals surface area contributed by atoms with Crippen LogP contribution in [0.4, 0.5) is 0 Å². The maximum Gasteiger partial charge on any atom is 0.166 e. The number of thiocarbonyl (C=S) groups is 1. The fraction of sp³-hybridized carbons (Fsp3) is 0.706. The number of fused-ring (bicyclic) bond motifs is 2. The van der Waals surface area contributed by atoms with E-state index in [-0.39, 0.29) is 0 Å². The summed E-state index contributed by atoms with van der Waals surface area (Å²) in [6, 6.07) is 5.75. The zero-order chi connectivity index (χ0) is 14.9. The molecule has 2 saturated carbocycles. The molecule has 3 fully saturated rings. The van der Waals surface area contributed by atoms with Gasteiger partial charge in [0.05, 0.1) is 6.54 Å². The number of hydrogen-bond acceptors (Lipinski definition) is 3. The van der Waals surface area contributed by atoms with Gasteiger partial charge >= 0.3 is 0 Å². The monoisotopic (exact) mass is 335 g/mol. The normalized spacial score (nSPS) is 31.7. The van der Waals surface area contributed by atoms with E-state index >= 15 is 0 Å². The summed E-state index contributed by atoms with van der Waals surface area (Å²) in [7, 11) is 0. The molecule has 0 amide bonds. The second-order valence-electron chi connectivity index (χ2n) is 7.07. The van der Waals surface area contributed by atoms with Crippen LogP contribution in [0, 0.1) is 11.8 Å². The zero-order valence-corrected chi connectivity index (χ0v) is 14.6. The van der Waals surface area contributed by atoms with E-state index in [2.05, 4.69) is 33.0 Å². The van der Waals surface area contributed by atoms with Crippen LogP contribution in [0.5, 0.6) is 0 Å². The van der Waals surface area contributed by atoms with E-state index < -0.39 is 0 Å². The predicted molar refractivity (Wildman–Crippen MR) is 96.1 cm³/mol. The van der Waals surface area contributed by atoms with Gasteiger partial charge in [0.25, 0.3) is 0 Å². The van der Waals surface area contributed by atoms with Crippen LogP contribution >= 0.6 is 23.6 Å². The first-order valence-electron chi connectivity index (χ1n) is 8.60. The molecule has 1 aliphatic heterocycles. The van der Waals surface area contributed by atoms with Crippen molar-refractivity contribution in [1.29, 1.82) is 0 Å². The van der Waals surface area contributed by atoms with Gasteiger partial charge < -0.3 is 10.6 Å². The van der Waals surface area contributed by atoms with Gasteiger partial charge in [-0.25, -0.2) is 0 Å². The molecule has 3 nitrogen and oxygen atoms in total. The van der Waals surface area contributed by atoms with Crippen molar-refractivity contribution in [3.63, 3.8) is 0 Å². The molecule has 1 aromatic rings. The summed E-state index contributed by atoms with van der Waals surface area (Å²) in [4.78, 5) is 4.10. The Labute approximate surface area is 142 Å². The van der Waals surface area contributed by atoms with Gasteiger partial charge in [0.1, 0.15) is 0 Å². The molecule has 120 valence electrons. The molecule has 3 aliphatic rings. The van der Waals surface area contributed by atoms with Crippen molar-refractivity contribution in [2.45, 2.75) is 50.7 Å². The molecule has 0 radical (unpaired) electrons. The first-order chi connectivity index (χ1) is 10.8. The average Bonchev–Trinajstić information content (AvgIpc) is 3.21. The summed E-state index contributed by atoms with van der Waals surface area (Å²) in [5.41, 5.74) is 0. The predicted octanol–water partition coefficient (Wildman–Crippen LogP) is 2.98. The molecule has 1 aromatic heterocycles. The van der Waals surface area contributed by atoms with Crippen molar-refractivity contribution in [3.05, 3.63) is 22.4 Å². The first kappa shape index (κ1) is 14.9. The van der Waals surface area contributed by atoms with Gasteiger partial charge in [0, 0.05) is 30.1 Å². The number of piperidine rings is 1. The lowest BCUT2D eigenvalue weighted by molar-refractivity contribution is 0.0502. The van der Waals surface area contributed by atoms with Gasteiger partial charge in [-0.1, -0.05) is 12.5 Å². The van der Waals surface area contributed by atoms with Gasteiger partial charge in [-0.2, -0.15) is 0 Å². The van der Waals surface area contributed by atoms with Crippen LogP contribution in [0.1, 0.15) is 37.0 Å². The highest BCUT2D eigenvalue weighted by molar-refractivity contribution is 7.80. The van der Waals surface area contributed by atoms with Crippen molar-refractivity contribution >= 4 is 28.7 Å². The largest absolute Gasteiger partial charge is 0.359 e. The van der Waals surface area contributed by atoms with Crippen LogP contribution in [0.2, 0.25) is 0 Å². The molecule has 2 aliphatic carbocycles. The highest BCUT2D eigenvalue weighted by Crippen LogP contribution is 2.39. The van der Waals surface area contributed by atoms with Crippen molar-refractivity contribution in [1.82, 2.24) is 15.5 Å². The van der Waals surface area contributed by atoms with Gasteiger partial charge in [0.2, 0.25) is 0 Å². The Morgan fingerprint density at radius 3 is 2.64 bits per heavy atom. The fourth-order valence-electron chi connectivity index (χ4n) is 4.23. The van der Waals surface area contributed by atoms with E-state index in [1.807, 2.05) is 0 Å². The second kappa shape index (κ2) is 6.46. The van der Waals surface area contributed by atoms with Gasteiger partial charge in [-0.05, 0) is 61.2 Å². The van der Waals surface area contributed by atoms with Gasteiger partial charge in [-0.15, -0.1) is 11.3 Å². The zero-order valence-electron chi connectivity index (χ0n) is 13.0. The van der Waals surface area contributed by atoms with E-state index in [0.29, 0.717) is 6.04 Å². The molecular formula is C17H25N3S2. The number of likely N-dealkylation sites (tertiary alicyclic amines) is 1. The quantitative estimate of drug-likeness (QED) is 0.827. The molecule has 22 heavy (non-hydrogen) atoms. The van der Waals surface area contributed by atoms with E-state index in [1.165, 1.54) is 50.1 Å². The highest BCUT2D eigenvalue weighted by atomic mass is 32.1. The Morgan fingerprint density at radius 2 is 2.00 bits per heavy atom. The van der Waals surface area contributed by atoms with Crippen molar-refractivity contribution < 1.29 is 0 Å². The minimum atomic E-state index is 0.590. The smallest absolute Gasteiger partial charge is 0.166 e. The van der Waals surface area contributed by atoms with Crippen LogP contribution in [-0.4, -0.2) is 35.2 Å². The minimum absolute atomic E-state index is 0.590. The summed E-state index contributed by atoms with van der Waals surface area (Å²) in [5, 5.41) is 10.0. The van der Waals surface area contributed by atoms with E-state index in [4.69, 9.17) is 12.2 Å². The molecule has 2 unspecified atom stereocenters. The Kier molecular flexibility index (Phi) is 4.38. The maximum absolute atomic E-state index is 5.55. The molecule has 2 atom stereocenters. The molecule has 0 spiro atoms. The van der Waals surface area contributed by atoms with Crippen molar-refractivity contribution in [3.8, 4) is 0 Å². The van der Waals surface area contributed by atoms with E-state index in [0.717, 1.165) is 29.5 Å². The number of rotatable bonds is 4. The average molecular weight is 336 g/mol. The van der Waals surface area contributed by atoms with Crippen LogP contribution in [0.15, 0.2) is 17.5 Å². The number of thiophene rings is 1. The topological polar surface area (TPSA) is 27.3 Å². The fourth-order valence-corrected chi connectivity index (χ4v) is 5.08. The minimum Gasteiger partial charge on any atom is -0.359 e. The van der Waals surface area contributed by atoms with Gasteiger partial charge in [0.15, 0.2) is 5.11 Å². The lowest BCUT2D eigenvalue weighted by Gasteiger charge is -2.48. The summed E-state index contributed by atoms with van der Waals surface area (Å²) in [6.45, 7) is 3.42. The van der Waals surface area contributed by atoms with Crippen LogP contribution in [0.3, 0.4) is 0 Å². The molecule has 2 heterocycles. The molecular weight excluding hydrogens is 310 g/mol. The molecule has 2 N–H and O–H groups in total. The first-order valence-corrected chi connectivity index (χ1v) is 9.89. The molecule has 5 heteroatoms. The summed E-state index contributed by atoms with van der Waals surface area (Å²) >= 11 is 7.33. The molecule has 0 aromatic carbocycles. The standard InChI is InChI=1S/C17H25N3S2/c21-17(18-9-15-5-2-8-22-15)19-16-12-3-1-4-13(16)11-20(10-12)14-6-7-14/h2,5,8,12-14,16H,1,3-4,6-7,9-11H2,(H2,18,19,21). The number of nitrogens with zero attached hydrogens (tertiary/aromatic N) is 1. The number of hydrogen-bond donors (Lipinski definition) is 2. The molecule has 2 bridgehead atoms. The molecule has 4 rings (SSSR count). The maximum atomic E-state index is 5.55. The third kappa shape index (κ3) is 3.31. The van der Waals surface area contributed by atoms with Crippen LogP contribution < -0.4 is 10.6 Å². The SMILES string of the molecule is S=C(NCc1cccs1)NC1C2CCCC1CN(C1CC1)C2. The summed E-state index contributed by atoms with van der Waals surface area (Å²) < 4.78 is 0. The Morgan fingerprint density at radius 1 is 1.23 bits per heavy atom. The molecule has 1 saturated heterocycles. The third-order valence-corrected chi connectivity index (χ3v) is 6.61. The van der Waals surface area contributed by atoms with Crippen LogP contribution in [0.25, 0.3) is 0 Å². The summed E-state index contributed by atoms with van der Waals surface area (Å²) in [5.74, 6) is 1.57. The Balaban J connectivity index is 1.32.